The van der Waals surface area contributed by atoms with E-state index < -0.39 is 18.1 Å². The highest BCUT2D eigenvalue weighted by atomic mass is 16.5. The van der Waals surface area contributed by atoms with Gasteiger partial charge in [0.2, 0.25) is 0 Å². The lowest BCUT2D eigenvalue weighted by atomic mass is 10.0. The van der Waals surface area contributed by atoms with E-state index in [1.165, 1.54) is 0 Å². The number of rotatable bonds is 5. The molecule has 0 radical (unpaired) electrons. The third-order valence-electron chi connectivity index (χ3n) is 2.67. The molecule has 0 saturated heterocycles. The number of carboxylic acids is 1. The number of nitrogens with two attached hydrogens (primary N) is 1. The molecule has 2 atom stereocenters. The topological polar surface area (TPSA) is 92.8 Å². The summed E-state index contributed by atoms with van der Waals surface area (Å²) in [5.74, 6) is -0.497. The SMILES string of the molecule is N[C@H](C(=O)O)[C@H](O)c1ccc(OC2CC2)cc1. The molecule has 0 aromatic heterocycles. The molecule has 1 aliphatic carbocycles. The van der Waals surface area contributed by atoms with Crippen LogP contribution in [0, 0.1) is 0 Å². The molecular weight excluding hydrogens is 222 g/mol. The van der Waals surface area contributed by atoms with Crippen LogP contribution in [0.3, 0.4) is 0 Å². The molecule has 5 heteroatoms. The Morgan fingerprint density at radius 3 is 2.41 bits per heavy atom. The Balaban J connectivity index is 2.03. The average Bonchev–Trinajstić information content (AvgIpc) is 3.12. The molecule has 1 saturated carbocycles. The number of aliphatic hydroxyl groups is 1. The van der Waals surface area contributed by atoms with Crippen LogP contribution in [0.4, 0.5) is 0 Å². The number of hydrogen-bond donors (Lipinski definition) is 3. The number of ether oxygens (including phenoxy) is 1. The highest BCUT2D eigenvalue weighted by Crippen LogP contribution is 2.27. The van der Waals surface area contributed by atoms with Crippen LogP contribution >= 0.6 is 0 Å². The van der Waals surface area contributed by atoms with Gasteiger partial charge in [-0.25, -0.2) is 0 Å². The summed E-state index contributed by atoms with van der Waals surface area (Å²) in [4.78, 5) is 10.6. The number of carboxylic acid groups (broad SMARTS) is 1. The highest BCUT2D eigenvalue weighted by molar-refractivity contribution is 5.74. The molecule has 92 valence electrons. The van der Waals surface area contributed by atoms with E-state index in [1.54, 1.807) is 24.3 Å². The van der Waals surface area contributed by atoms with Gasteiger partial charge in [-0.2, -0.15) is 0 Å². The summed E-state index contributed by atoms with van der Waals surface area (Å²) in [6.45, 7) is 0. The molecule has 0 aliphatic heterocycles. The third kappa shape index (κ3) is 2.95. The molecule has 1 aromatic rings. The monoisotopic (exact) mass is 237 g/mol. The van der Waals surface area contributed by atoms with Crippen LogP contribution in [0.25, 0.3) is 0 Å². The fourth-order valence-corrected chi connectivity index (χ4v) is 1.46. The summed E-state index contributed by atoms with van der Waals surface area (Å²) < 4.78 is 5.54. The van der Waals surface area contributed by atoms with Gasteiger partial charge in [-0.05, 0) is 30.5 Å². The number of benzene rings is 1. The van der Waals surface area contributed by atoms with E-state index in [0.717, 1.165) is 18.6 Å². The summed E-state index contributed by atoms with van der Waals surface area (Å²) >= 11 is 0. The number of carbonyl (C=O) groups is 1. The maximum atomic E-state index is 10.6. The highest BCUT2D eigenvalue weighted by Gasteiger charge is 2.25. The normalized spacial score (nSPS) is 18.5. The second-order valence-electron chi connectivity index (χ2n) is 4.20. The zero-order valence-electron chi connectivity index (χ0n) is 9.24. The minimum absolute atomic E-state index is 0.312. The van der Waals surface area contributed by atoms with Gasteiger partial charge in [0.25, 0.3) is 0 Å². The number of aliphatic hydroxyl groups excluding tert-OH is 1. The van der Waals surface area contributed by atoms with Crippen molar-refractivity contribution in [2.45, 2.75) is 31.1 Å². The van der Waals surface area contributed by atoms with Gasteiger partial charge < -0.3 is 20.7 Å². The van der Waals surface area contributed by atoms with Crippen molar-refractivity contribution in [2.75, 3.05) is 0 Å². The van der Waals surface area contributed by atoms with Gasteiger partial charge in [0, 0.05) is 0 Å². The van der Waals surface area contributed by atoms with Crippen molar-refractivity contribution in [3.63, 3.8) is 0 Å². The van der Waals surface area contributed by atoms with E-state index >= 15 is 0 Å². The van der Waals surface area contributed by atoms with Gasteiger partial charge in [-0.1, -0.05) is 12.1 Å². The zero-order valence-corrected chi connectivity index (χ0v) is 9.24. The first kappa shape index (κ1) is 11.9. The largest absolute Gasteiger partial charge is 0.490 e. The van der Waals surface area contributed by atoms with Crippen molar-refractivity contribution in [1.29, 1.82) is 0 Å². The minimum Gasteiger partial charge on any atom is -0.490 e. The standard InChI is InChI=1S/C12H15NO4/c13-10(12(15)16)11(14)7-1-3-8(4-2-7)17-9-5-6-9/h1-4,9-11,14H,5-6,13H2,(H,15,16)/t10-,11+/m0/s1. The number of aliphatic carboxylic acids is 1. The quantitative estimate of drug-likeness (QED) is 0.700. The van der Waals surface area contributed by atoms with E-state index in [-0.39, 0.29) is 0 Å². The first-order valence-corrected chi connectivity index (χ1v) is 5.51. The van der Waals surface area contributed by atoms with Crippen LogP contribution < -0.4 is 10.5 Å². The van der Waals surface area contributed by atoms with E-state index in [2.05, 4.69) is 0 Å². The smallest absolute Gasteiger partial charge is 0.323 e. The molecule has 0 amide bonds. The van der Waals surface area contributed by atoms with E-state index in [4.69, 9.17) is 15.6 Å². The molecule has 5 nitrogen and oxygen atoms in total. The Morgan fingerprint density at radius 2 is 1.94 bits per heavy atom. The summed E-state index contributed by atoms with van der Waals surface area (Å²) in [5, 5.41) is 18.4. The Labute approximate surface area is 98.8 Å². The van der Waals surface area contributed by atoms with Crippen molar-refractivity contribution in [2.24, 2.45) is 5.73 Å². The summed E-state index contributed by atoms with van der Waals surface area (Å²) in [6.07, 6.45) is 1.26. The van der Waals surface area contributed by atoms with Crippen molar-refractivity contribution in [1.82, 2.24) is 0 Å². The van der Waals surface area contributed by atoms with Gasteiger partial charge in [0.05, 0.1) is 6.10 Å². The maximum Gasteiger partial charge on any atom is 0.323 e. The third-order valence-corrected chi connectivity index (χ3v) is 2.67. The van der Waals surface area contributed by atoms with Crippen LogP contribution in [0.2, 0.25) is 0 Å². The average molecular weight is 237 g/mol. The second-order valence-corrected chi connectivity index (χ2v) is 4.20. The first-order valence-electron chi connectivity index (χ1n) is 5.51. The van der Waals surface area contributed by atoms with Crippen molar-refractivity contribution < 1.29 is 19.7 Å². The Morgan fingerprint density at radius 1 is 1.35 bits per heavy atom. The fourth-order valence-electron chi connectivity index (χ4n) is 1.46. The van der Waals surface area contributed by atoms with Crippen LogP contribution in [-0.4, -0.2) is 28.3 Å². The Bertz CT molecular complexity index is 399. The zero-order chi connectivity index (χ0) is 12.4. The molecule has 0 bridgehead atoms. The van der Waals surface area contributed by atoms with Gasteiger partial charge >= 0.3 is 5.97 Å². The van der Waals surface area contributed by atoms with Gasteiger partial charge in [0.1, 0.15) is 17.9 Å². The van der Waals surface area contributed by atoms with Crippen LogP contribution in [-0.2, 0) is 4.79 Å². The van der Waals surface area contributed by atoms with E-state index in [0.29, 0.717) is 11.7 Å². The van der Waals surface area contributed by atoms with Crippen LogP contribution in [0.1, 0.15) is 24.5 Å². The predicted molar refractivity (Wildman–Crippen MR) is 60.7 cm³/mol. The van der Waals surface area contributed by atoms with Gasteiger partial charge in [0.15, 0.2) is 0 Å². The van der Waals surface area contributed by atoms with Crippen molar-refractivity contribution >= 4 is 5.97 Å². The Hall–Kier alpha value is -1.59. The predicted octanol–water partition coefficient (Wildman–Crippen LogP) is 0.673. The summed E-state index contributed by atoms with van der Waals surface area (Å²) in [6, 6.07) is 5.37. The molecule has 2 rings (SSSR count). The molecule has 1 aliphatic rings. The number of hydrogen-bond acceptors (Lipinski definition) is 4. The van der Waals surface area contributed by atoms with Crippen LogP contribution in [0.15, 0.2) is 24.3 Å². The first-order chi connectivity index (χ1) is 8.08. The molecular formula is C12H15NO4. The lowest BCUT2D eigenvalue weighted by Gasteiger charge is -2.15. The summed E-state index contributed by atoms with van der Waals surface area (Å²) in [5.41, 5.74) is 5.82. The molecule has 4 N–H and O–H groups in total. The molecule has 0 spiro atoms. The molecule has 0 heterocycles. The molecule has 17 heavy (non-hydrogen) atoms. The second kappa shape index (κ2) is 4.73. The lowest BCUT2D eigenvalue weighted by Crippen LogP contribution is -2.36. The van der Waals surface area contributed by atoms with Crippen LogP contribution in [0.5, 0.6) is 5.75 Å². The van der Waals surface area contributed by atoms with E-state index in [1.807, 2.05) is 0 Å². The minimum atomic E-state index is -1.31. The summed E-state index contributed by atoms with van der Waals surface area (Å²) in [7, 11) is 0. The van der Waals surface area contributed by atoms with Gasteiger partial charge in [-0.3, -0.25) is 4.79 Å². The maximum absolute atomic E-state index is 10.6. The molecule has 1 aromatic carbocycles. The van der Waals surface area contributed by atoms with Crippen molar-refractivity contribution in [3.8, 4) is 5.75 Å². The molecule has 0 unspecified atom stereocenters. The van der Waals surface area contributed by atoms with Gasteiger partial charge in [-0.15, -0.1) is 0 Å². The fraction of sp³-hybridized carbons (Fsp3) is 0.417. The van der Waals surface area contributed by atoms with Crippen molar-refractivity contribution in [3.05, 3.63) is 29.8 Å². The Kier molecular flexibility index (Phi) is 3.31. The lowest BCUT2D eigenvalue weighted by molar-refractivity contribution is -0.141. The molecule has 1 fully saturated rings. The van der Waals surface area contributed by atoms with E-state index in [9.17, 15) is 9.90 Å².